The predicted molar refractivity (Wildman–Crippen MR) is 127 cm³/mol. The first-order valence-corrected chi connectivity index (χ1v) is 10.8. The normalized spacial score (nSPS) is 18.0. The molecule has 35 heavy (non-hydrogen) atoms. The molecule has 1 amide bonds. The molecule has 4 N–H and O–H groups in total. The van der Waals surface area contributed by atoms with Crippen LogP contribution in [-0.4, -0.2) is 54.0 Å². The van der Waals surface area contributed by atoms with Gasteiger partial charge in [0, 0.05) is 55.5 Å². The second kappa shape index (κ2) is 9.17. The van der Waals surface area contributed by atoms with Crippen molar-refractivity contribution in [2.75, 3.05) is 0 Å². The van der Waals surface area contributed by atoms with Crippen molar-refractivity contribution in [2.24, 2.45) is 16.0 Å². The Kier molecular flexibility index (Phi) is 5.75. The standard InChI is InChI=1S/C23H21N9O3/c1-13-14(2-3-18(33)32-9-8-24-12-32)19(21(34)22-27-6-7-28-22)16(30-13)10-17-20(26-5-4-25-17)15-11-29-31-23(15)35/h4-12,15,25,30H,2-3H2,1H3,(H,27,28)(H,31,35). The molecule has 12 nitrogen and oxygen atoms in total. The van der Waals surface area contributed by atoms with Crippen molar-refractivity contribution >= 4 is 35.6 Å². The van der Waals surface area contributed by atoms with Crippen LogP contribution in [0.15, 0.2) is 59.3 Å². The van der Waals surface area contributed by atoms with Crippen molar-refractivity contribution in [1.29, 1.82) is 0 Å². The van der Waals surface area contributed by atoms with Crippen LogP contribution < -0.4 is 10.7 Å². The Hall–Kier alpha value is -4.87. The number of aliphatic imine (C=N–C) groups is 1. The molecule has 0 fully saturated rings. The molecule has 0 aliphatic carbocycles. The van der Waals surface area contributed by atoms with Crippen LogP contribution in [0.3, 0.4) is 0 Å². The third-order valence-electron chi connectivity index (χ3n) is 5.73. The fraction of sp³-hybridized carbons (Fsp3) is 0.174. The summed E-state index contributed by atoms with van der Waals surface area (Å²) in [6.45, 7) is 1.85. The summed E-state index contributed by atoms with van der Waals surface area (Å²) in [6.07, 6.45) is 14.5. The van der Waals surface area contributed by atoms with E-state index in [0.29, 0.717) is 34.7 Å². The Bertz CT molecular complexity index is 1410. The van der Waals surface area contributed by atoms with Crippen molar-refractivity contribution in [2.45, 2.75) is 19.8 Å². The number of nitrogens with zero attached hydrogens (tertiary/aromatic N) is 5. The van der Waals surface area contributed by atoms with Gasteiger partial charge in [0.15, 0.2) is 5.82 Å². The molecule has 5 heterocycles. The van der Waals surface area contributed by atoms with Crippen molar-refractivity contribution in [3.8, 4) is 0 Å². The first-order chi connectivity index (χ1) is 17.0. The van der Waals surface area contributed by atoms with E-state index in [-0.39, 0.29) is 29.8 Å². The van der Waals surface area contributed by atoms with Gasteiger partial charge >= 0.3 is 0 Å². The number of nitrogens with one attached hydrogen (secondary N) is 4. The van der Waals surface area contributed by atoms with Gasteiger partial charge in [0.25, 0.3) is 5.91 Å². The number of rotatable bonds is 7. The summed E-state index contributed by atoms with van der Waals surface area (Å²) in [4.78, 5) is 56.7. The highest BCUT2D eigenvalue weighted by Crippen LogP contribution is 2.26. The molecule has 0 spiro atoms. The molecule has 12 heteroatoms. The van der Waals surface area contributed by atoms with Crippen LogP contribution in [0.1, 0.15) is 44.3 Å². The van der Waals surface area contributed by atoms with Gasteiger partial charge in [-0.05, 0) is 25.0 Å². The summed E-state index contributed by atoms with van der Waals surface area (Å²) in [6, 6.07) is 0. The lowest BCUT2D eigenvalue weighted by molar-refractivity contribution is -0.120. The number of hydrogen-bond donors (Lipinski definition) is 4. The van der Waals surface area contributed by atoms with E-state index in [1.807, 2.05) is 6.92 Å². The number of hydrogen-bond acceptors (Lipinski definition) is 8. The summed E-state index contributed by atoms with van der Waals surface area (Å²) in [5.41, 5.74) is 5.76. The van der Waals surface area contributed by atoms with Crippen LogP contribution in [0, 0.1) is 12.8 Å². The quantitative estimate of drug-likeness (QED) is 0.380. The van der Waals surface area contributed by atoms with Crippen molar-refractivity contribution in [3.05, 3.63) is 77.6 Å². The van der Waals surface area contributed by atoms with E-state index in [0.717, 1.165) is 5.69 Å². The highest BCUT2D eigenvalue weighted by atomic mass is 16.2. The molecule has 0 aromatic carbocycles. The highest BCUT2D eigenvalue weighted by Gasteiger charge is 2.31. The number of hydrazone groups is 1. The molecule has 0 bridgehead atoms. The monoisotopic (exact) mass is 471 g/mol. The van der Waals surface area contributed by atoms with Crippen LogP contribution in [-0.2, 0) is 11.2 Å². The summed E-state index contributed by atoms with van der Waals surface area (Å²) >= 11 is 0. The van der Waals surface area contributed by atoms with E-state index in [4.69, 9.17) is 0 Å². The number of allylic oxidation sites excluding steroid dienone is 1. The molecular weight excluding hydrogens is 450 g/mol. The Balaban J connectivity index is 1.53. The lowest BCUT2D eigenvalue weighted by Crippen LogP contribution is -2.32. The number of imidazole rings is 2. The molecule has 0 radical (unpaired) electrons. The first-order valence-electron chi connectivity index (χ1n) is 10.8. The van der Waals surface area contributed by atoms with Crippen molar-refractivity contribution < 1.29 is 14.4 Å². The Morgan fingerprint density at radius 1 is 1.26 bits per heavy atom. The van der Waals surface area contributed by atoms with Crippen molar-refractivity contribution in [3.63, 3.8) is 0 Å². The lowest BCUT2D eigenvalue weighted by Gasteiger charge is -2.16. The van der Waals surface area contributed by atoms with E-state index < -0.39 is 5.92 Å². The van der Waals surface area contributed by atoms with Gasteiger partial charge in [-0.25, -0.2) is 15.4 Å². The third kappa shape index (κ3) is 4.24. The summed E-state index contributed by atoms with van der Waals surface area (Å²) in [5.74, 6) is -1.23. The molecule has 3 aromatic rings. The van der Waals surface area contributed by atoms with Gasteiger partial charge in [0.2, 0.25) is 11.7 Å². The number of aromatic nitrogens is 5. The largest absolute Gasteiger partial charge is 0.359 e. The summed E-state index contributed by atoms with van der Waals surface area (Å²) < 4.78 is 1.41. The summed E-state index contributed by atoms with van der Waals surface area (Å²) in [5, 5.41) is 6.93. The van der Waals surface area contributed by atoms with Crippen LogP contribution in [0.2, 0.25) is 0 Å². The number of carbonyl (C=O) groups is 3. The number of ketones is 1. The van der Waals surface area contributed by atoms with Crippen molar-refractivity contribution in [1.82, 2.24) is 35.2 Å². The van der Waals surface area contributed by atoms with Gasteiger partial charge in [0.1, 0.15) is 12.2 Å². The van der Waals surface area contributed by atoms with E-state index >= 15 is 0 Å². The maximum absolute atomic E-state index is 13.5. The maximum Gasteiger partial charge on any atom is 0.254 e. The van der Waals surface area contributed by atoms with Crippen LogP contribution in [0.25, 0.3) is 6.08 Å². The number of amides is 1. The molecule has 1 unspecified atom stereocenters. The molecule has 176 valence electrons. The highest BCUT2D eigenvalue weighted by molar-refractivity contribution is 6.25. The Labute approximate surface area is 199 Å². The van der Waals surface area contributed by atoms with Crippen LogP contribution in [0.4, 0.5) is 0 Å². The number of aryl methyl sites for hydroxylation is 1. The van der Waals surface area contributed by atoms with E-state index in [1.165, 1.54) is 29.5 Å². The fourth-order valence-electron chi connectivity index (χ4n) is 4.05. The second-order valence-corrected chi connectivity index (χ2v) is 7.91. The molecule has 2 aliphatic rings. The van der Waals surface area contributed by atoms with Crippen LogP contribution in [0.5, 0.6) is 0 Å². The van der Waals surface area contributed by atoms with Gasteiger partial charge in [-0.2, -0.15) is 5.10 Å². The molecular formula is C23H21N9O3. The molecule has 1 atom stereocenters. The lowest BCUT2D eigenvalue weighted by atomic mass is 9.97. The topological polar surface area (TPSA) is 162 Å². The zero-order valence-corrected chi connectivity index (χ0v) is 18.6. The maximum atomic E-state index is 13.5. The number of carbonyl (C=O) groups excluding carboxylic acids is 3. The average Bonchev–Trinajstić information content (AvgIpc) is 3.66. The zero-order chi connectivity index (χ0) is 24.4. The van der Waals surface area contributed by atoms with Gasteiger partial charge in [0.05, 0.1) is 22.7 Å². The first kappa shape index (κ1) is 21.9. The van der Waals surface area contributed by atoms with Gasteiger partial charge in [-0.1, -0.05) is 0 Å². The summed E-state index contributed by atoms with van der Waals surface area (Å²) in [7, 11) is 0. The Morgan fingerprint density at radius 2 is 2.14 bits per heavy atom. The second-order valence-electron chi connectivity index (χ2n) is 7.91. The molecule has 0 saturated carbocycles. The molecule has 2 aliphatic heterocycles. The Morgan fingerprint density at radius 3 is 2.86 bits per heavy atom. The fourth-order valence-corrected chi connectivity index (χ4v) is 4.05. The zero-order valence-electron chi connectivity index (χ0n) is 18.6. The van der Waals surface area contributed by atoms with E-state index in [9.17, 15) is 14.4 Å². The molecule has 5 rings (SSSR count). The molecule has 3 aromatic heterocycles. The van der Waals surface area contributed by atoms with Gasteiger partial charge < -0.3 is 15.3 Å². The van der Waals surface area contributed by atoms with E-state index in [1.54, 1.807) is 30.9 Å². The average molecular weight is 471 g/mol. The number of aromatic amines is 2. The predicted octanol–water partition coefficient (Wildman–Crippen LogP) is 1.33. The minimum atomic E-state index is -0.661. The minimum absolute atomic E-state index is 0.139. The minimum Gasteiger partial charge on any atom is -0.359 e. The van der Waals surface area contributed by atoms with Crippen LogP contribution >= 0.6 is 0 Å². The van der Waals surface area contributed by atoms with Gasteiger partial charge in [-0.15, -0.1) is 0 Å². The van der Waals surface area contributed by atoms with E-state index in [2.05, 4.69) is 40.8 Å². The number of H-pyrrole nitrogens is 2. The third-order valence-corrected chi connectivity index (χ3v) is 5.73. The molecule has 0 saturated heterocycles. The van der Waals surface area contributed by atoms with Gasteiger partial charge in [-0.3, -0.25) is 23.9 Å². The SMILES string of the molecule is Cc1[nH]c(C=C2NC=CN=C2C2C=NNC2=O)c(C(=O)c2ncc[nH]2)c1CCC(=O)n1ccnc1. The smallest absolute Gasteiger partial charge is 0.254 e.